The Morgan fingerprint density at radius 2 is 2.15 bits per heavy atom. The van der Waals surface area contributed by atoms with Crippen LogP contribution in [-0.4, -0.2) is 27.1 Å². The monoisotopic (exact) mass is 350 g/mol. The summed E-state index contributed by atoms with van der Waals surface area (Å²) >= 11 is 0. The minimum atomic E-state index is -0.327. The number of nitrogens with zero attached hydrogens (tertiary/aromatic N) is 3. The summed E-state index contributed by atoms with van der Waals surface area (Å²) in [6.07, 6.45) is 4.25. The van der Waals surface area contributed by atoms with Gasteiger partial charge >= 0.3 is 0 Å². The van der Waals surface area contributed by atoms with Crippen molar-refractivity contribution < 1.29 is 9.53 Å². The molecule has 4 rings (SSSR count). The van der Waals surface area contributed by atoms with Gasteiger partial charge in [-0.3, -0.25) is 9.59 Å². The van der Waals surface area contributed by atoms with E-state index in [9.17, 15) is 9.59 Å². The highest BCUT2D eigenvalue weighted by molar-refractivity contribution is 6.05. The molecule has 0 aliphatic carbocycles. The summed E-state index contributed by atoms with van der Waals surface area (Å²) in [5, 5.41) is 2.69. The first-order valence-electron chi connectivity index (χ1n) is 8.28. The topological polar surface area (TPSA) is 78.2 Å². The van der Waals surface area contributed by atoms with Crippen LogP contribution in [0.5, 0.6) is 5.88 Å². The molecule has 0 saturated carbocycles. The van der Waals surface area contributed by atoms with E-state index in [2.05, 4.69) is 10.3 Å². The van der Waals surface area contributed by atoms with Gasteiger partial charge in [0.2, 0.25) is 5.88 Å². The lowest BCUT2D eigenvalue weighted by atomic mass is 9.96. The second-order valence-electron chi connectivity index (χ2n) is 6.21. The SMILES string of the molecule is COc1ncn2c1-c1cc(C(=O)Nc3cccn(C)c3=O)ccc1CC2. The van der Waals surface area contributed by atoms with Crippen molar-refractivity contribution in [3.05, 3.63) is 64.3 Å². The summed E-state index contributed by atoms with van der Waals surface area (Å²) in [4.78, 5) is 29.0. The third-order valence-electron chi connectivity index (χ3n) is 4.62. The third kappa shape index (κ3) is 2.57. The molecule has 0 spiro atoms. The first-order chi connectivity index (χ1) is 12.6. The second kappa shape index (κ2) is 6.18. The molecule has 2 aromatic heterocycles. The highest BCUT2D eigenvalue weighted by Gasteiger charge is 2.23. The van der Waals surface area contributed by atoms with Crippen molar-refractivity contribution in [2.24, 2.45) is 7.05 Å². The van der Waals surface area contributed by atoms with Gasteiger partial charge in [-0.25, -0.2) is 4.98 Å². The molecule has 0 saturated heterocycles. The van der Waals surface area contributed by atoms with Crippen LogP contribution in [0.1, 0.15) is 15.9 Å². The number of rotatable bonds is 3. The lowest BCUT2D eigenvalue weighted by Gasteiger charge is -2.20. The number of aromatic nitrogens is 3. The summed E-state index contributed by atoms with van der Waals surface area (Å²) < 4.78 is 8.80. The zero-order valence-electron chi connectivity index (χ0n) is 14.5. The summed E-state index contributed by atoms with van der Waals surface area (Å²) in [5.74, 6) is 0.215. The van der Waals surface area contributed by atoms with E-state index in [0.717, 1.165) is 29.8 Å². The molecule has 7 heteroatoms. The molecule has 3 heterocycles. The molecule has 1 amide bonds. The van der Waals surface area contributed by atoms with Crippen LogP contribution in [0.2, 0.25) is 0 Å². The number of benzene rings is 1. The fourth-order valence-corrected chi connectivity index (χ4v) is 3.24. The number of carbonyl (C=O) groups excluding carboxylic acids is 1. The first-order valence-corrected chi connectivity index (χ1v) is 8.28. The Morgan fingerprint density at radius 3 is 2.96 bits per heavy atom. The van der Waals surface area contributed by atoms with Crippen LogP contribution in [0.25, 0.3) is 11.3 Å². The molecule has 132 valence electrons. The van der Waals surface area contributed by atoms with E-state index in [1.54, 1.807) is 44.9 Å². The van der Waals surface area contributed by atoms with E-state index < -0.39 is 0 Å². The predicted molar refractivity (Wildman–Crippen MR) is 97.6 cm³/mol. The molecule has 26 heavy (non-hydrogen) atoms. The maximum absolute atomic E-state index is 12.7. The molecule has 3 aromatic rings. The summed E-state index contributed by atoms with van der Waals surface area (Å²) in [7, 11) is 3.23. The van der Waals surface area contributed by atoms with Crippen LogP contribution in [0.15, 0.2) is 47.7 Å². The molecule has 1 aliphatic rings. The van der Waals surface area contributed by atoms with Gasteiger partial charge in [-0.15, -0.1) is 0 Å². The molecule has 0 unspecified atom stereocenters. The second-order valence-corrected chi connectivity index (χ2v) is 6.21. The summed E-state index contributed by atoms with van der Waals surface area (Å²) in [6, 6.07) is 8.86. The first kappa shape index (κ1) is 16.1. The number of imidazole rings is 1. The van der Waals surface area contributed by atoms with Gasteiger partial charge in [0.1, 0.15) is 11.4 Å². The molecule has 1 aromatic carbocycles. The molecule has 0 bridgehead atoms. The smallest absolute Gasteiger partial charge is 0.274 e. The Labute approximate surface area is 149 Å². The minimum Gasteiger partial charge on any atom is -0.479 e. The number of aryl methyl sites for hydroxylation is 3. The maximum atomic E-state index is 12.7. The van der Waals surface area contributed by atoms with E-state index in [-0.39, 0.29) is 17.2 Å². The molecule has 0 fully saturated rings. The molecule has 7 nitrogen and oxygen atoms in total. The Bertz CT molecular complexity index is 1050. The van der Waals surface area contributed by atoms with Crippen molar-refractivity contribution >= 4 is 11.6 Å². The number of hydrogen-bond acceptors (Lipinski definition) is 4. The van der Waals surface area contributed by atoms with Gasteiger partial charge < -0.3 is 19.2 Å². The van der Waals surface area contributed by atoms with Gasteiger partial charge in [-0.05, 0) is 36.2 Å². The highest BCUT2D eigenvalue weighted by Crippen LogP contribution is 2.36. The molecule has 1 N–H and O–H groups in total. The normalized spacial score (nSPS) is 12.2. The Hall–Kier alpha value is -3.35. The quantitative estimate of drug-likeness (QED) is 0.784. The van der Waals surface area contributed by atoms with Gasteiger partial charge in [-0.2, -0.15) is 0 Å². The predicted octanol–water partition coefficient (Wildman–Crippen LogP) is 2.07. The number of amides is 1. The number of pyridine rings is 1. The zero-order valence-corrected chi connectivity index (χ0v) is 14.5. The van der Waals surface area contributed by atoms with Crippen molar-refractivity contribution in [2.45, 2.75) is 13.0 Å². The lowest BCUT2D eigenvalue weighted by Crippen LogP contribution is -2.23. The summed E-state index contributed by atoms with van der Waals surface area (Å²) in [6.45, 7) is 0.824. The van der Waals surface area contributed by atoms with Crippen LogP contribution in [0.4, 0.5) is 5.69 Å². The van der Waals surface area contributed by atoms with Crippen molar-refractivity contribution in [3.8, 4) is 17.1 Å². The van der Waals surface area contributed by atoms with Crippen LogP contribution < -0.4 is 15.6 Å². The van der Waals surface area contributed by atoms with Gasteiger partial charge in [0.05, 0.1) is 13.4 Å². The number of nitrogens with one attached hydrogen (secondary N) is 1. The van der Waals surface area contributed by atoms with E-state index in [4.69, 9.17) is 4.74 Å². The number of fused-ring (bicyclic) bond motifs is 3. The van der Waals surface area contributed by atoms with Gasteiger partial charge in [-0.1, -0.05) is 6.07 Å². The van der Waals surface area contributed by atoms with E-state index in [1.165, 1.54) is 4.57 Å². The Morgan fingerprint density at radius 1 is 1.31 bits per heavy atom. The van der Waals surface area contributed by atoms with Gasteiger partial charge in [0.25, 0.3) is 11.5 Å². The zero-order chi connectivity index (χ0) is 18.3. The Kier molecular flexibility index (Phi) is 3.84. The van der Waals surface area contributed by atoms with Crippen LogP contribution in [-0.2, 0) is 20.0 Å². The van der Waals surface area contributed by atoms with Crippen LogP contribution >= 0.6 is 0 Å². The maximum Gasteiger partial charge on any atom is 0.274 e. The van der Waals surface area contributed by atoms with Gasteiger partial charge in [0, 0.05) is 30.9 Å². The molecule has 0 radical (unpaired) electrons. The fourth-order valence-electron chi connectivity index (χ4n) is 3.24. The van der Waals surface area contributed by atoms with E-state index in [0.29, 0.717) is 11.4 Å². The van der Waals surface area contributed by atoms with Crippen LogP contribution in [0, 0.1) is 0 Å². The van der Waals surface area contributed by atoms with Crippen molar-refractivity contribution in [1.82, 2.24) is 14.1 Å². The van der Waals surface area contributed by atoms with E-state index >= 15 is 0 Å². The van der Waals surface area contributed by atoms with E-state index in [1.807, 2.05) is 16.7 Å². The average molecular weight is 350 g/mol. The number of anilines is 1. The summed E-state index contributed by atoms with van der Waals surface area (Å²) in [5.41, 5.74) is 3.42. The third-order valence-corrected chi connectivity index (χ3v) is 4.62. The number of carbonyl (C=O) groups is 1. The molecular weight excluding hydrogens is 332 g/mol. The number of hydrogen-bond donors (Lipinski definition) is 1. The largest absolute Gasteiger partial charge is 0.479 e. The fraction of sp³-hybridized carbons (Fsp3) is 0.211. The van der Waals surface area contributed by atoms with Crippen molar-refractivity contribution in [3.63, 3.8) is 0 Å². The van der Waals surface area contributed by atoms with Crippen LogP contribution in [0.3, 0.4) is 0 Å². The average Bonchev–Trinajstić information content (AvgIpc) is 3.08. The van der Waals surface area contributed by atoms with Crippen molar-refractivity contribution in [1.29, 1.82) is 0 Å². The van der Waals surface area contributed by atoms with Crippen molar-refractivity contribution in [2.75, 3.05) is 12.4 Å². The Balaban J connectivity index is 1.71. The highest BCUT2D eigenvalue weighted by atomic mass is 16.5. The standard InChI is InChI=1S/C19H18N4O3/c1-22-8-3-4-15(19(22)25)21-17(24)13-6-5-12-7-9-23-11-20-18(26-2)16(23)14(12)10-13/h3-6,8,10-11H,7,9H2,1-2H3,(H,21,24). The number of ether oxygens (including phenoxy) is 1. The lowest BCUT2D eigenvalue weighted by molar-refractivity contribution is 0.102. The molecule has 1 aliphatic heterocycles. The molecular formula is C19H18N4O3. The van der Waals surface area contributed by atoms with Gasteiger partial charge in [0.15, 0.2) is 0 Å². The molecule has 0 atom stereocenters. The minimum absolute atomic E-state index is 0.250. The number of methoxy groups -OCH3 is 1.